The molecule has 0 bridgehead atoms. The molecule has 8 nitrogen and oxygen atoms in total. The summed E-state index contributed by atoms with van der Waals surface area (Å²) in [4.78, 5) is 10.5. The van der Waals surface area contributed by atoms with Crippen molar-refractivity contribution in [1.29, 1.82) is 0 Å². The minimum atomic E-state index is -1.77. The summed E-state index contributed by atoms with van der Waals surface area (Å²) in [5, 5.41) is 58.4. The number of rotatable bonds is 6. The smallest absolute Gasteiger partial charge is 0.222 e. The molecular weight excluding hydrogens is 270 g/mol. The zero-order chi connectivity index (χ0) is 15.4. The lowest BCUT2D eigenvalue weighted by Gasteiger charge is -2.33. The summed E-state index contributed by atoms with van der Waals surface area (Å²) < 4.78 is 0. The second kappa shape index (κ2) is 7.09. The first-order chi connectivity index (χ1) is 9.29. The lowest BCUT2D eigenvalue weighted by Crippen LogP contribution is -2.52. The first kappa shape index (κ1) is 17.0. The van der Waals surface area contributed by atoms with Crippen LogP contribution in [-0.4, -0.2) is 67.5 Å². The van der Waals surface area contributed by atoms with Gasteiger partial charge in [-0.05, 0) is 13.3 Å². The van der Waals surface area contributed by atoms with Gasteiger partial charge in [-0.2, -0.15) is 0 Å². The first-order valence-corrected chi connectivity index (χ1v) is 6.41. The first-order valence-electron chi connectivity index (χ1n) is 6.41. The topological polar surface area (TPSA) is 144 Å². The van der Waals surface area contributed by atoms with Gasteiger partial charge in [0, 0.05) is 11.3 Å². The van der Waals surface area contributed by atoms with E-state index in [4.69, 9.17) is 5.11 Å². The zero-order valence-corrected chi connectivity index (χ0v) is 11.2. The van der Waals surface area contributed by atoms with E-state index in [9.17, 15) is 30.5 Å². The van der Waals surface area contributed by atoms with Gasteiger partial charge >= 0.3 is 0 Å². The van der Waals surface area contributed by atoms with Crippen molar-refractivity contribution < 1.29 is 30.5 Å². The van der Waals surface area contributed by atoms with Crippen LogP contribution >= 0.6 is 0 Å². The van der Waals surface area contributed by atoms with Crippen LogP contribution in [0.15, 0.2) is 11.6 Å². The van der Waals surface area contributed by atoms with E-state index in [0.717, 1.165) is 5.57 Å². The summed E-state index contributed by atoms with van der Waals surface area (Å²) in [7, 11) is 0. The number of nitrogens with zero attached hydrogens (tertiary/aromatic N) is 1. The van der Waals surface area contributed by atoms with E-state index in [1.54, 1.807) is 13.0 Å². The van der Waals surface area contributed by atoms with Crippen molar-refractivity contribution in [2.75, 3.05) is 6.61 Å². The van der Waals surface area contributed by atoms with Gasteiger partial charge in [-0.15, -0.1) is 0 Å². The summed E-state index contributed by atoms with van der Waals surface area (Å²) in [5.41, 5.74) is 0.858. The van der Waals surface area contributed by atoms with Crippen molar-refractivity contribution in [3.8, 4) is 0 Å². The maximum absolute atomic E-state index is 11.0. The predicted molar refractivity (Wildman–Crippen MR) is 68.4 cm³/mol. The molecule has 1 rings (SSSR count). The minimum Gasteiger partial charge on any atom is -0.394 e. The molecular formula is C12H21NO7. The molecule has 0 fully saturated rings. The van der Waals surface area contributed by atoms with Crippen LogP contribution in [0.25, 0.3) is 0 Å². The molecule has 1 aliphatic rings. The SMILES string of the molecule is CC1=CC[C@@H]([N+](=O)[O-])[C@@H]([C@H](O)[C@@H](O)[C@@H](O)[C@H](O)CO)C1. The highest BCUT2D eigenvalue weighted by Crippen LogP contribution is 2.31. The van der Waals surface area contributed by atoms with Crippen LogP contribution in [0.5, 0.6) is 0 Å². The van der Waals surface area contributed by atoms with Crippen LogP contribution in [0, 0.1) is 16.0 Å². The van der Waals surface area contributed by atoms with Crippen LogP contribution in [0.2, 0.25) is 0 Å². The van der Waals surface area contributed by atoms with E-state index in [1.807, 2.05) is 0 Å². The average molecular weight is 291 g/mol. The third kappa shape index (κ3) is 3.74. The number of nitro groups is 1. The van der Waals surface area contributed by atoms with E-state index < -0.39 is 47.9 Å². The molecule has 0 spiro atoms. The van der Waals surface area contributed by atoms with E-state index in [0.29, 0.717) is 0 Å². The maximum Gasteiger partial charge on any atom is 0.222 e. The molecule has 0 unspecified atom stereocenters. The Morgan fingerprint density at radius 1 is 1.35 bits per heavy atom. The van der Waals surface area contributed by atoms with Crippen molar-refractivity contribution in [3.05, 3.63) is 21.8 Å². The lowest BCUT2D eigenvalue weighted by molar-refractivity contribution is -0.535. The Labute approximate surface area is 116 Å². The third-order valence-electron chi connectivity index (χ3n) is 3.75. The Hall–Kier alpha value is -1.06. The molecule has 0 heterocycles. The molecule has 20 heavy (non-hydrogen) atoms. The van der Waals surface area contributed by atoms with E-state index in [-0.39, 0.29) is 12.8 Å². The molecule has 0 amide bonds. The molecule has 0 aliphatic heterocycles. The summed E-state index contributed by atoms with van der Waals surface area (Å²) in [6.45, 7) is 0.981. The molecule has 0 saturated heterocycles. The molecule has 116 valence electrons. The number of aliphatic hydroxyl groups is 5. The van der Waals surface area contributed by atoms with E-state index in [1.165, 1.54) is 0 Å². The molecule has 0 aromatic heterocycles. The number of hydrogen-bond donors (Lipinski definition) is 5. The molecule has 5 N–H and O–H groups in total. The highest BCUT2D eigenvalue weighted by atomic mass is 16.6. The van der Waals surface area contributed by atoms with Gasteiger partial charge in [0.2, 0.25) is 6.04 Å². The Balaban J connectivity index is 2.84. The summed E-state index contributed by atoms with van der Waals surface area (Å²) >= 11 is 0. The van der Waals surface area contributed by atoms with Gasteiger partial charge in [-0.25, -0.2) is 0 Å². The van der Waals surface area contributed by atoms with Gasteiger partial charge in [-0.1, -0.05) is 11.6 Å². The molecule has 0 saturated carbocycles. The Morgan fingerprint density at radius 3 is 2.45 bits per heavy atom. The lowest BCUT2D eigenvalue weighted by atomic mass is 9.79. The minimum absolute atomic E-state index is 0.145. The Bertz CT molecular complexity index is 373. The van der Waals surface area contributed by atoms with Crippen molar-refractivity contribution in [1.82, 2.24) is 0 Å². The molecule has 6 atom stereocenters. The summed E-state index contributed by atoms with van der Waals surface area (Å²) in [5.74, 6) is -0.856. The Morgan fingerprint density at radius 2 is 1.95 bits per heavy atom. The normalized spacial score (nSPS) is 29.2. The molecule has 1 aliphatic carbocycles. The van der Waals surface area contributed by atoms with Crippen molar-refractivity contribution in [3.63, 3.8) is 0 Å². The fraction of sp³-hybridized carbons (Fsp3) is 0.833. The van der Waals surface area contributed by atoms with Crippen LogP contribution in [-0.2, 0) is 0 Å². The fourth-order valence-electron chi connectivity index (χ4n) is 2.47. The zero-order valence-electron chi connectivity index (χ0n) is 11.2. The van der Waals surface area contributed by atoms with Gasteiger partial charge in [0.05, 0.1) is 18.6 Å². The van der Waals surface area contributed by atoms with Gasteiger partial charge in [0.1, 0.15) is 18.3 Å². The highest BCUT2D eigenvalue weighted by Gasteiger charge is 2.43. The standard InChI is InChI=1S/C12H21NO7/c1-6-2-3-8(13(19)20)7(4-6)10(16)12(18)11(17)9(15)5-14/h2,7-12,14-18H,3-5H2,1H3/t7-,8+,9+,10-,11-,12+/m0/s1. The number of allylic oxidation sites excluding steroid dienone is 1. The van der Waals surface area contributed by atoms with Gasteiger partial charge in [0.25, 0.3) is 0 Å². The van der Waals surface area contributed by atoms with Crippen LogP contribution in [0.3, 0.4) is 0 Å². The van der Waals surface area contributed by atoms with Gasteiger partial charge < -0.3 is 25.5 Å². The van der Waals surface area contributed by atoms with Gasteiger partial charge in [0.15, 0.2) is 0 Å². The van der Waals surface area contributed by atoms with Crippen LogP contribution in [0.4, 0.5) is 0 Å². The van der Waals surface area contributed by atoms with E-state index >= 15 is 0 Å². The predicted octanol–water partition coefficient (Wildman–Crippen LogP) is -1.58. The second-order valence-corrected chi connectivity index (χ2v) is 5.23. The number of hydrogen-bond acceptors (Lipinski definition) is 7. The maximum atomic E-state index is 11.0. The van der Waals surface area contributed by atoms with Crippen LogP contribution in [0.1, 0.15) is 19.8 Å². The summed E-state index contributed by atoms with van der Waals surface area (Å²) in [6.07, 6.45) is -4.64. The highest BCUT2D eigenvalue weighted by molar-refractivity contribution is 5.08. The molecule has 0 aromatic carbocycles. The Kier molecular flexibility index (Phi) is 6.03. The average Bonchev–Trinajstić information content (AvgIpc) is 2.43. The van der Waals surface area contributed by atoms with Crippen LogP contribution < -0.4 is 0 Å². The van der Waals surface area contributed by atoms with Gasteiger partial charge in [-0.3, -0.25) is 10.1 Å². The fourth-order valence-corrected chi connectivity index (χ4v) is 2.47. The largest absolute Gasteiger partial charge is 0.394 e. The number of aliphatic hydroxyl groups excluding tert-OH is 5. The van der Waals surface area contributed by atoms with Crippen molar-refractivity contribution in [2.24, 2.45) is 5.92 Å². The van der Waals surface area contributed by atoms with Crippen molar-refractivity contribution in [2.45, 2.75) is 50.2 Å². The van der Waals surface area contributed by atoms with Crippen molar-refractivity contribution >= 4 is 0 Å². The molecule has 0 aromatic rings. The van der Waals surface area contributed by atoms with E-state index in [2.05, 4.69) is 0 Å². The third-order valence-corrected chi connectivity index (χ3v) is 3.75. The molecule has 8 heteroatoms. The quantitative estimate of drug-likeness (QED) is 0.226. The monoisotopic (exact) mass is 291 g/mol. The second-order valence-electron chi connectivity index (χ2n) is 5.23. The summed E-state index contributed by atoms with van der Waals surface area (Å²) in [6, 6.07) is -1.05. The molecule has 0 radical (unpaired) electrons.